The maximum atomic E-state index is 11.7. The molecule has 0 aromatic rings. The van der Waals surface area contributed by atoms with Crippen LogP contribution >= 0.6 is 0 Å². The van der Waals surface area contributed by atoms with Gasteiger partial charge >= 0.3 is 5.97 Å². The minimum absolute atomic E-state index is 0.0903. The molecule has 0 aromatic heterocycles. The molecule has 108 valence electrons. The summed E-state index contributed by atoms with van der Waals surface area (Å²) in [6.07, 6.45) is -0.0846. The van der Waals surface area contributed by atoms with E-state index in [-0.39, 0.29) is 18.7 Å². The van der Waals surface area contributed by atoms with Crippen molar-refractivity contribution in [1.29, 1.82) is 0 Å². The number of nitrogens with zero attached hydrogens (tertiary/aromatic N) is 1. The van der Waals surface area contributed by atoms with Crippen LogP contribution in [0.5, 0.6) is 0 Å². The van der Waals surface area contributed by atoms with E-state index < -0.39 is 32.6 Å². The molecule has 8 nitrogen and oxygen atoms in total. The Labute approximate surface area is 110 Å². The predicted molar refractivity (Wildman–Crippen MR) is 66.5 cm³/mol. The molecule has 1 unspecified atom stereocenters. The van der Waals surface area contributed by atoms with Crippen molar-refractivity contribution in [2.75, 3.05) is 12.8 Å². The first-order valence-electron chi connectivity index (χ1n) is 5.48. The summed E-state index contributed by atoms with van der Waals surface area (Å²) in [6, 6.07) is 0. The van der Waals surface area contributed by atoms with Crippen LogP contribution in [0.1, 0.15) is 20.3 Å². The maximum absolute atomic E-state index is 11.7. The number of amides is 1. The first-order chi connectivity index (χ1) is 8.54. The number of carboxylic acid groups (broad SMARTS) is 1. The van der Waals surface area contributed by atoms with Crippen LogP contribution in [0.2, 0.25) is 0 Å². The Morgan fingerprint density at radius 1 is 1.53 bits per heavy atom. The van der Waals surface area contributed by atoms with Gasteiger partial charge < -0.3 is 15.3 Å². The first kappa shape index (κ1) is 15.4. The fourth-order valence-electron chi connectivity index (χ4n) is 1.19. The van der Waals surface area contributed by atoms with Gasteiger partial charge in [-0.1, -0.05) is 5.16 Å². The van der Waals surface area contributed by atoms with Gasteiger partial charge in [-0.15, -0.1) is 0 Å². The average Bonchev–Trinajstić information content (AvgIpc) is 2.73. The normalized spacial score (nSPS) is 19.5. The fourth-order valence-corrected chi connectivity index (χ4v) is 1.52. The average molecular weight is 292 g/mol. The van der Waals surface area contributed by atoms with E-state index in [1.54, 1.807) is 0 Å². The van der Waals surface area contributed by atoms with Gasteiger partial charge in [0, 0.05) is 19.2 Å². The molecule has 1 aliphatic heterocycles. The van der Waals surface area contributed by atoms with Gasteiger partial charge in [0.05, 0.1) is 4.75 Å². The zero-order chi connectivity index (χ0) is 14.8. The molecule has 0 fully saturated rings. The van der Waals surface area contributed by atoms with Crippen LogP contribution in [0.25, 0.3) is 0 Å². The number of nitrogens with one attached hydrogen (secondary N) is 1. The molecule has 0 aliphatic carbocycles. The SMILES string of the molecule is CC(C)(CNC(=O)C1CC(C(=O)O)=NO1)S(C)(=O)=O. The van der Waals surface area contributed by atoms with E-state index in [0.717, 1.165) is 6.26 Å². The molecule has 0 spiro atoms. The largest absolute Gasteiger partial charge is 0.477 e. The zero-order valence-corrected chi connectivity index (χ0v) is 11.7. The molecule has 0 bridgehead atoms. The molecule has 9 heteroatoms. The van der Waals surface area contributed by atoms with Gasteiger partial charge in [-0.3, -0.25) is 4.79 Å². The third kappa shape index (κ3) is 3.66. The van der Waals surface area contributed by atoms with Crippen LogP contribution in [-0.2, 0) is 24.3 Å². The van der Waals surface area contributed by atoms with Gasteiger partial charge in [-0.2, -0.15) is 0 Å². The molecule has 19 heavy (non-hydrogen) atoms. The quantitative estimate of drug-likeness (QED) is 0.681. The van der Waals surface area contributed by atoms with Crippen LogP contribution in [0.3, 0.4) is 0 Å². The third-order valence-corrected chi connectivity index (χ3v) is 5.05. The Kier molecular flexibility index (Phi) is 4.18. The van der Waals surface area contributed by atoms with E-state index >= 15 is 0 Å². The lowest BCUT2D eigenvalue weighted by Crippen LogP contribution is -2.46. The second-order valence-corrected chi connectivity index (χ2v) is 7.54. The molecular weight excluding hydrogens is 276 g/mol. The summed E-state index contributed by atoms with van der Waals surface area (Å²) in [5, 5.41) is 14.3. The van der Waals surface area contributed by atoms with Crippen molar-refractivity contribution in [3.8, 4) is 0 Å². The van der Waals surface area contributed by atoms with E-state index in [9.17, 15) is 18.0 Å². The van der Waals surface area contributed by atoms with Crippen molar-refractivity contribution in [1.82, 2.24) is 5.32 Å². The smallest absolute Gasteiger partial charge is 0.353 e. The molecule has 2 N–H and O–H groups in total. The number of carbonyl (C=O) groups is 2. The number of carbonyl (C=O) groups excluding carboxylic acids is 1. The lowest BCUT2D eigenvalue weighted by atomic mass is 10.1. The maximum Gasteiger partial charge on any atom is 0.353 e. The van der Waals surface area contributed by atoms with E-state index in [1.165, 1.54) is 13.8 Å². The van der Waals surface area contributed by atoms with Crippen molar-refractivity contribution < 1.29 is 28.0 Å². The predicted octanol–water partition coefficient (Wildman–Crippen LogP) is -0.845. The number of oxime groups is 1. The summed E-state index contributed by atoms with van der Waals surface area (Å²) in [5.74, 6) is -1.83. The summed E-state index contributed by atoms with van der Waals surface area (Å²) in [5.41, 5.74) is -0.234. The number of aliphatic carboxylic acids is 1. The monoisotopic (exact) mass is 292 g/mol. The van der Waals surface area contributed by atoms with Gasteiger partial charge in [-0.05, 0) is 13.8 Å². The van der Waals surface area contributed by atoms with Crippen LogP contribution in [0, 0.1) is 0 Å². The molecule has 0 radical (unpaired) electrons. The van der Waals surface area contributed by atoms with E-state index in [0.29, 0.717) is 0 Å². The van der Waals surface area contributed by atoms with Gasteiger partial charge in [0.15, 0.2) is 15.5 Å². The van der Waals surface area contributed by atoms with E-state index in [1.807, 2.05) is 0 Å². The molecule has 0 aromatic carbocycles. The number of sulfone groups is 1. The lowest BCUT2D eigenvalue weighted by molar-refractivity contribution is -0.131. The highest BCUT2D eigenvalue weighted by Gasteiger charge is 2.35. The highest BCUT2D eigenvalue weighted by atomic mass is 32.2. The van der Waals surface area contributed by atoms with Crippen LogP contribution in [0.15, 0.2) is 5.16 Å². The number of hydrogen-bond donors (Lipinski definition) is 2. The Morgan fingerprint density at radius 3 is 2.53 bits per heavy atom. The van der Waals surface area contributed by atoms with Crippen molar-refractivity contribution in [3.05, 3.63) is 0 Å². The van der Waals surface area contributed by atoms with E-state index in [4.69, 9.17) is 5.11 Å². The number of hydrogen-bond acceptors (Lipinski definition) is 6. The van der Waals surface area contributed by atoms with Crippen molar-refractivity contribution >= 4 is 27.4 Å². The van der Waals surface area contributed by atoms with Gasteiger partial charge in [-0.25, -0.2) is 13.2 Å². The van der Waals surface area contributed by atoms with Crippen molar-refractivity contribution in [2.24, 2.45) is 5.16 Å². The highest BCUT2D eigenvalue weighted by Crippen LogP contribution is 2.15. The van der Waals surface area contributed by atoms with Crippen molar-refractivity contribution in [2.45, 2.75) is 31.1 Å². The lowest BCUT2D eigenvalue weighted by Gasteiger charge is -2.23. The zero-order valence-electron chi connectivity index (χ0n) is 10.8. The number of carboxylic acids is 1. The van der Waals surface area contributed by atoms with Crippen LogP contribution in [0.4, 0.5) is 0 Å². The second kappa shape index (κ2) is 5.16. The fraction of sp³-hybridized carbons (Fsp3) is 0.700. The Hall–Kier alpha value is -1.64. The topological polar surface area (TPSA) is 122 Å². The summed E-state index contributed by atoms with van der Waals surface area (Å²) < 4.78 is 21.8. The Bertz CT molecular complexity index is 522. The van der Waals surface area contributed by atoms with Gasteiger partial charge in [0.1, 0.15) is 0 Å². The Morgan fingerprint density at radius 2 is 2.11 bits per heavy atom. The molecule has 1 atom stereocenters. The standard InChI is InChI=1S/C10H16N2O6S/c1-10(2,19(3,16)17)5-11-8(13)7-4-6(9(14)15)12-18-7/h7H,4-5H2,1-3H3,(H,11,13)(H,14,15). The summed E-state index contributed by atoms with van der Waals surface area (Å²) in [6.45, 7) is 2.88. The molecule has 1 heterocycles. The van der Waals surface area contributed by atoms with Crippen molar-refractivity contribution in [3.63, 3.8) is 0 Å². The van der Waals surface area contributed by atoms with E-state index in [2.05, 4.69) is 15.3 Å². The molecule has 0 saturated heterocycles. The van der Waals surface area contributed by atoms with Gasteiger partial charge in [0.2, 0.25) is 6.10 Å². The molecule has 1 amide bonds. The third-order valence-electron chi connectivity index (χ3n) is 2.90. The van der Waals surface area contributed by atoms with Crippen LogP contribution < -0.4 is 5.32 Å². The summed E-state index contributed by atoms with van der Waals surface area (Å²) in [7, 11) is -3.32. The van der Waals surface area contributed by atoms with Crippen LogP contribution in [-0.4, -0.2) is 54.8 Å². The minimum Gasteiger partial charge on any atom is -0.477 e. The Balaban J connectivity index is 2.53. The summed E-state index contributed by atoms with van der Waals surface area (Å²) in [4.78, 5) is 27.0. The molecular formula is C10H16N2O6S. The highest BCUT2D eigenvalue weighted by molar-refractivity contribution is 7.92. The molecule has 1 aliphatic rings. The summed E-state index contributed by atoms with van der Waals surface area (Å²) >= 11 is 0. The first-order valence-corrected chi connectivity index (χ1v) is 7.37. The minimum atomic E-state index is -3.32. The molecule has 0 saturated carbocycles. The number of rotatable bonds is 5. The van der Waals surface area contributed by atoms with Gasteiger partial charge in [0.25, 0.3) is 5.91 Å². The molecule has 1 rings (SSSR count). The second-order valence-electron chi connectivity index (χ2n) is 4.89.